The molecule has 0 saturated heterocycles. The molecule has 5 heteroatoms. The molecule has 122 valence electrons. The van der Waals surface area contributed by atoms with Crippen LogP contribution in [0.1, 0.15) is 5.56 Å². The zero-order valence-electron chi connectivity index (χ0n) is 12.5. The van der Waals surface area contributed by atoms with Crippen LogP contribution in [0.4, 0.5) is 13.2 Å². The fourth-order valence-corrected chi connectivity index (χ4v) is 8.09. The largest absolute Gasteiger partial charge is 0.416 e. The summed E-state index contributed by atoms with van der Waals surface area (Å²) < 4.78 is 39.5. The van der Waals surface area contributed by atoms with Gasteiger partial charge >= 0.3 is 6.18 Å². The van der Waals surface area contributed by atoms with E-state index in [2.05, 4.69) is 22.0 Å². The summed E-state index contributed by atoms with van der Waals surface area (Å²) in [6.07, 6.45) is -4.34. The molecule has 3 aromatic rings. The Morgan fingerprint density at radius 3 is 1.54 bits per heavy atom. The predicted molar refractivity (Wildman–Crippen MR) is 104 cm³/mol. The molecule has 0 unspecified atom stereocenters. The Labute approximate surface area is 152 Å². The van der Waals surface area contributed by atoms with Gasteiger partial charge in [-0.2, -0.15) is 13.2 Å². The summed E-state index contributed by atoms with van der Waals surface area (Å²) >= 11 is 2.36. The average molecular weight is 457 g/mol. The van der Waals surface area contributed by atoms with Crippen molar-refractivity contribution in [1.29, 1.82) is 0 Å². The smallest absolute Gasteiger partial charge is 0.166 e. The lowest BCUT2D eigenvalue weighted by Crippen LogP contribution is -2.27. The van der Waals surface area contributed by atoms with Crippen LogP contribution in [-0.4, -0.2) is 0 Å². The highest BCUT2D eigenvalue weighted by Crippen LogP contribution is 2.63. The topological polar surface area (TPSA) is 0 Å². The van der Waals surface area contributed by atoms with Crippen LogP contribution in [0.25, 0.3) is 0 Å². The van der Waals surface area contributed by atoms with Crippen molar-refractivity contribution in [2.24, 2.45) is 0 Å². The Hall–Kier alpha value is -1.39. The lowest BCUT2D eigenvalue weighted by atomic mass is 10.2. The van der Waals surface area contributed by atoms with Gasteiger partial charge in [0.2, 0.25) is 0 Å². The molecule has 0 aliphatic heterocycles. The molecule has 0 bridgehead atoms. The molecule has 0 saturated carbocycles. The van der Waals surface area contributed by atoms with E-state index in [1.807, 2.05) is 60.7 Å². The number of alkyl halides is 3. The summed E-state index contributed by atoms with van der Waals surface area (Å²) in [6, 6.07) is 25.2. The van der Waals surface area contributed by atoms with Crippen LogP contribution in [-0.2, 0) is 6.18 Å². The van der Waals surface area contributed by atoms with Gasteiger partial charge in [0.15, 0.2) is 26.9 Å². The van der Waals surface area contributed by atoms with Crippen molar-refractivity contribution in [2.75, 3.05) is 0 Å². The summed E-state index contributed by atoms with van der Waals surface area (Å²) in [5, 5.41) is 2.82. The van der Waals surface area contributed by atoms with Crippen LogP contribution < -0.4 is 15.9 Å². The predicted octanol–water partition coefficient (Wildman–Crippen LogP) is 5.35. The van der Waals surface area contributed by atoms with Gasteiger partial charge in [-0.25, -0.2) is 0 Å². The zero-order chi connectivity index (χ0) is 17.2. The van der Waals surface area contributed by atoms with Crippen LogP contribution in [0.15, 0.2) is 84.9 Å². The lowest BCUT2D eigenvalue weighted by Gasteiger charge is -2.21. The van der Waals surface area contributed by atoms with Gasteiger partial charge in [-0.05, 0) is 42.5 Å². The van der Waals surface area contributed by atoms with Crippen molar-refractivity contribution in [2.45, 2.75) is 6.18 Å². The molecule has 24 heavy (non-hydrogen) atoms. The number of benzene rings is 3. The van der Waals surface area contributed by atoms with Gasteiger partial charge in [0.1, 0.15) is 15.9 Å². The third-order valence-electron chi connectivity index (χ3n) is 3.75. The van der Waals surface area contributed by atoms with E-state index < -0.39 is 16.6 Å². The SMILES string of the molecule is FC(F)(F)c1cccc([P+](I)(c2ccccc2)c2ccccc2)c1. The maximum absolute atomic E-state index is 13.2. The minimum Gasteiger partial charge on any atom is -0.166 e. The molecule has 0 heterocycles. The Morgan fingerprint density at radius 1 is 0.625 bits per heavy atom. The van der Waals surface area contributed by atoms with Crippen molar-refractivity contribution in [3.8, 4) is 0 Å². The van der Waals surface area contributed by atoms with Gasteiger partial charge in [0, 0.05) is 0 Å². The van der Waals surface area contributed by atoms with Gasteiger partial charge in [-0.3, -0.25) is 0 Å². The molecular weight excluding hydrogens is 443 g/mol. The van der Waals surface area contributed by atoms with E-state index in [9.17, 15) is 13.2 Å². The normalized spacial score (nSPS) is 12.2. The van der Waals surface area contributed by atoms with Gasteiger partial charge in [0.05, 0.1) is 5.56 Å². The highest BCUT2D eigenvalue weighted by atomic mass is 127. The molecule has 0 fully saturated rings. The van der Waals surface area contributed by atoms with Crippen molar-refractivity contribution in [3.05, 3.63) is 90.5 Å². The molecule has 0 nitrogen and oxygen atoms in total. The van der Waals surface area contributed by atoms with E-state index >= 15 is 0 Å². The van der Waals surface area contributed by atoms with Gasteiger partial charge in [-0.1, -0.05) is 42.5 Å². The minimum absolute atomic E-state index is 0.604. The van der Waals surface area contributed by atoms with Crippen LogP contribution >= 0.6 is 26.9 Å². The first kappa shape index (κ1) is 17.4. The van der Waals surface area contributed by atoms with Crippen LogP contribution in [0.5, 0.6) is 0 Å². The standard InChI is InChI=1S/C19H14F3IP/c20-19(21,22)15-8-7-13-18(14-15)24(23,16-9-3-1-4-10-16)17-11-5-2-6-12-17/h1-14H/q+1. The Balaban J connectivity index is 2.24. The molecule has 0 amide bonds. The highest BCUT2D eigenvalue weighted by molar-refractivity contribution is 14.2. The second kappa shape index (κ2) is 6.85. The first-order valence-corrected chi connectivity index (χ1v) is 11.9. The molecule has 0 aromatic heterocycles. The quantitative estimate of drug-likeness (QED) is 0.368. The van der Waals surface area contributed by atoms with Crippen molar-refractivity contribution < 1.29 is 13.2 Å². The second-order valence-electron chi connectivity index (χ2n) is 5.31. The van der Waals surface area contributed by atoms with E-state index in [4.69, 9.17) is 0 Å². The maximum atomic E-state index is 13.2. The monoisotopic (exact) mass is 457 g/mol. The third-order valence-corrected chi connectivity index (χ3v) is 11.8. The zero-order valence-corrected chi connectivity index (χ0v) is 15.6. The third kappa shape index (κ3) is 3.35. The van der Waals surface area contributed by atoms with E-state index in [1.54, 1.807) is 6.07 Å². The lowest BCUT2D eigenvalue weighted by molar-refractivity contribution is -0.137. The molecule has 0 atom stereocenters. The van der Waals surface area contributed by atoms with E-state index in [0.29, 0.717) is 0 Å². The average Bonchev–Trinajstić information content (AvgIpc) is 2.62. The highest BCUT2D eigenvalue weighted by Gasteiger charge is 2.44. The van der Waals surface area contributed by atoms with Gasteiger partial charge in [0.25, 0.3) is 0 Å². The van der Waals surface area contributed by atoms with Crippen molar-refractivity contribution in [1.82, 2.24) is 0 Å². The van der Waals surface area contributed by atoms with Gasteiger partial charge < -0.3 is 0 Å². The molecule has 0 radical (unpaired) electrons. The molecule has 3 aromatic carbocycles. The first-order valence-electron chi connectivity index (χ1n) is 7.30. The van der Waals surface area contributed by atoms with Gasteiger partial charge in [-0.15, -0.1) is 0 Å². The summed E-state index contributed by atoms with van der Waals surface area (Å²) in [7, 11) is 0. The Morgan fingerprint density at radius 2 is 1.08 bits per heavy atom. The molecular formula is C19H14F3IP+. The maximum Gasteiger partial charge on any atom is 0.416 e. The summed E-state index contributed by atoms with van der Waals surface area (Å²) in [6.45, 7) is 0. The number of rotatable bonds is 3. The van der Waals surface area contributed by atoms with E-state index in [-0.39, 0.29) is 0 Å². The molecule has 0 N–H and O–H groups in total. The fourth-order valence-electron chi connectivity index (χ4n) is 2.59. The Bertz CT molecular complexity index is 777. The van der Waals surface area contributed by atoms with Crippen LogP contribution in [0, 0.1) is 0 Å². The summed E-state index contributed by atoms with van der Waals surface area (Å²) in [5.74, 6) is 0. The van der Waals surface area contributed by atoms with E-state index in [0.717, 1.165) is 22.0 Å². The van der Waals surface area contributed by atoms with Crippen LogP contribution in [0.2, 0.25) is 0 Å². The minimum atomic E-state index is -4.34. The van der Waals surface area contributed by atoms with E-state index in [1.165, 1.54) is 12.1 Å². The molecule has 0 aliphatic carbocycles. The summed E-state index contributed by atoms with van der Waals surface area (Å²) in [4.78, 5) is -2.15. The molecule has 0 aliphatic rings. The second-order valence-corrected chi connectivity index (χ2v) is 12.4. The first-order chi connectivity index (χ1) is 11.4. The molecule has 0 spiro atoms. The summed E-state index contributed by atoms with van der Waals surface area (Å²) in [5.41, 5.74) is -0.604. The van der Waals surface area contributed by atoms with Crippen molar-refractivity contribution in [3.63, 3.8) is 0 Å². The number of hydrogen-bond acceptors (Lipinski definition) is 0. The molecule has 3 rings (SSSR count). The number of hydrogen-bond donors (Lipinski definition) is 0. The van der Waals surface area contributed by atoms with Crippen molar-refractivity contribution >= 4 is 42.9 Å². The number of halogens is 4. The Kier molecular flexibility index (Phi) is 4.97. The van der Waals surface area contributed by atoms with Crippen LogP contribution in [0.3, 0.4) is 0 Å². The fraction of sp³-hybridized carbons (Fsp3) is 0.0526.